The molecule has 0 aliphatic rings. The number of pyridine rings is 1. The Morgan fingerprint density at radius 3 is 2.44 bits per heavy atom. The average Bonchev–Trinajstić information content (AvgIpc) is 2.31. The van der Waals surface area contributed by atoms with E-state index in [2.05, 4.69) is 9.98 Å². The molecule has 0 bridgehead atoms. The fourth-order valence-electron chi connectivity index (χ4n) is 1.22. The summed E-state index contributed by atoms with van der Waals surface area (Å²) < 4.78 is 10.7. The van der Waals surface area contributed by atoms with Crippen molar-refractivity contribution >= 4 is 6.21 Å². The van der Waals surface area contributed by atoms with Crippen LogP contribution in [-0.2, 0) is 9.47 Å². The minimum Gasteiger partial charge on any atom is -0.351 e. The van der Waals surface area contributed by atoms with Crippen LogP contribution < -0.4 is 0 Å². The van der Waals surface area contributed by atoms with Crippen molar-refractivity contribution in [3.63, 3.8) is 0 Å². The third-order valence-corrected chi connectivity index (χ3v) is 1.91. The van der Waals surface area contributed by atoms with E-state index in [1.165, 1.54) is 0 Å². The molecule has 1 aromatic rings. The molecule has 0 aromatic carbocycles. The Labute approximate surface area is 96.3 Å². The zero-order chi connectivity index (χ0) is 11.6. The lowest BCUT2D eigenvalue weighted by atomic mass is 10.3. The lowest BCUT2D eigenvalue weighted by Gasteiger charge is -2.13. The van der Waals surface area contributed by atoms with Crippen molar-refractivity contribution in [1.29, 1.82) is 0 Å². The number of nitrogens with zero attached hydrogens (tertiary/aromatic N) is 2. The number of rotatable bonds is 7. The highest BCUT2D eigenvalue weighted by atomic mass is 16.7. The Kier molecular flexibility index (Phi) is 6.37. The minimum absolute atomic E-state index is 0.243. The van der Waals surface area contributed by atoms with Gasteiger partial charge in [0.2, 0.25) is 0 Å². The number of hydrogen-bond acceptors (Lipinski definition) is 4. The van der Waals surface area contributed by atoms with E-state index >= 15 is 0 Å². The Bertz CT molecular complexity index is 295. The fourth-order valence-corrected chi connectivity index (χ4v) is 1.22. The zero-order valence-electron chi connectivity index (χ0n) is 9.80. The molecule has 0 fully saturated rings. The van der Waals surface area contributed by atoms with Crippen LogP contribution in [-0.4, -0.2) is 37.2 Å². The third kappa shape index (κ3) is 5.00. The van der Waals surface area contributed by atoms with Gasteiger partial charge in [0.15, 0.2) is 6.29 Å². The summed E-state index contributed by atoms with van der Waals surface area (Å²) in [6.45, 7) is 5.67. The molecular formula is C12H18N2O2. The first-order valence-electron chi connectivity index (χ1n) is 5.49. The second kappa shape index (κ2) is 7.96. The van der Waals surface area contributed by atoms with E-state index < -0.39 is 0 Å². The van der Waals surface area contributed by atoms with Gasteiger partial charge in [-0.15, -0.1) is 0 Å². The van der Waals surface area contributed by atoms with E-state index in [1.54, 1.807) is 18.6 Å². The fraction of sp³-hybridized carbons (Fsp3) is 0.500. The van der Waals surface area contributed by atoms with Gasteiger partial charge in [-0.05, 0) is 31.5 Å². The zero-order valence-corrected chi connectivity index (χ0v) is 9.80. The first-order valence-corrected chi connectivity index (χ1v) is 5.49. The predicted molar refractivity (Wildman–Crippen MR) is 63.7 cm³/mol. The molecule has 0 saturated heterocycles. The van der Waals surface area contributed by atoms with Gasteiger partial charge < -0.3 is 9.47 Å². The number of aliphatic imine (C=N–C) groups is 1. The highest BCUT2D eigenvalue weighted by Gasteiger charge is 2.04. The summed E-state index contributed by atoms with van der Waals surface area (Å²) in [5, 5.41) is 0. The molecule has 0 radical (unpaired) electrons. The standard InChI is InChI=1S/C12H18N2O2/c1-3-15-12(16-4-2)10-14-9-11-5-7-13-8-6-11/h5-9,12H,3-4,10H2,1-2H3. The van der Waals surface area contributed by atoms with Gasteiger partial charge in [-0.3, -0.25) is 9.98 Å². The molecule has 0 aliphatic heterocycles. The van der Waals surface area contributed by atoms with Crippen molar-refractivity contribution in [2.45, 2.75) is 20.1 Å². The van der Waals surface area contributed by atoms with Crippen LogP contribution in [0.25, 0.3) is 0 Å². The van der Waals surface area contributed by atoms with E-state index in [4.69, 9.17) is 9.47 Å². The highest BCUT2D eigenvalue weighted by molar-refractivity contribution is 5.79. The van der Waals surface area contributed by atoms with E-state index in [-0.39, 0.29) is 6.29 Å². The normalized spacial score (nSPS) is 11.4. The largest absolute Gasteiger partial charge is 0.351 e. The van der Waals surface area contributed by atoms with Crippen molar-refractivity contribution in [3.05, 3.63) is 30.1 Å². The first kappa shape index (κ1) is 12.8. The maximum atomic E-state index is 5.37. The number of ether oxygens (including phenoxy) is 2. The maximum Gasteiger partial charge on any atom is 0.176 e. The molecule has 1 rings (SSSR count). The summed E-state index contributed by atoms with van der Waals surface area (Å²) in [7, 11) is 0. The lowest BCUT2D eigenvalue weighted by Crippen LogP contribution is -2.20. The van der Waals surface area contributed by atoms with Gasteiger partial charge in [-0.2, -0.15) is 0 Å². The molecule has 1 heterocycles. The molecule has 0 unspecified atom stereocenters. The topological polar surface area (TPSA) is 43.7 Å². The van der Waals surface area contributed by atoms with Gasteiger partial charge in [-0.1, -0.05) is 0 Å². The van der Waals surface area contributed by atoms with E-state index in [0.717, 1.165) is 5.56 Å². The van der Waals surface area contributed by atoms with Crippen molar-refractivity contribution in [3.8, 4) is 0 Å². The van der Waals surface area contributed by atoms with Crippen LogP contribution >= 0.6 is 0 Å². The van der Waals surface area contributed by atoms with Crippen LogP contribution in [0, 0.1) is 0 Å². The Hall–Kier alpha value is -1.26. The summed E-state index contributed by atoms with van der Waals surface area (Å²) in [5.41, 5.74) is 1.03. The molecule has 0 saturated carbocycles. The Morgan fingerprint density at radius 1 is 1.25 bits per heavy atom. The van der Waals surface area contributed by atoms with Crippen molar-refractivity contribution in [2.24, 2.45) is 4.99 Å². The Balaban J connectivity index is 2.39. The SMILES string of the molecule is CCOC(CN=Cc1ccncc1)OCC. The molecule has 0 N–H and O–H groups in total. The molecule has 1 aromatic heterocycles. The van der Waals surface area contributed by atoms with E-state index in [0.29, 0.717) is 19.8 Å². The molecule has 4 nitrogen and oxygen atoms in total. The van der Waals surface area contributed by atoms with E-state index in [9.17, 15) is 0 Å². The Morgan fingerprint density at radius 2 is 1.88 bits per heavy atom. The molecule has 0 aliphatic carbocycles. The third-order valence-electron chi connectivity index (χ3n) is 1.91. The van der Waals surface area contributed by atoms with Gasteiger partial charge in [0, 0.05) is 31.8 Å². The summed E-state index contributed by atoms with van der Waals surface area (Å²) >= 11 is 0. The van der Waals surface area contributed by atoms with Crippen LogP contribution in [0.5, 0.6) is 0 Å². The molecule has 16 heavy (non-hydrogen) atoms. The van der Waals surface area contributed by atoms with Gasteiger partial charge in [0.25, 0.3) is 0 Å². The van der Waals surface area contributed by atoms with Crippen molar-refractivity contribution in [1.82, 2.24) is 4.98 Å². The quantitative estimate of drug-likeness (QED) is 0.523. The van der Waals surface area contributed by atoms with Gasteiger partial charge >= 0.3 is 0 Å². The van der Waals surface area contributed by atoms with E-state index in [1.807, 2.05) is 26.0 Å². The predicted octanol–water partition coefficient (Wildman–Crippen LogP) is 1.90. The van der Waals surface area contributed by atoms with Crippen LogP contribution in [0.4, 0.5) is 0 Å². The molecule has 4 heteroatoms. The summed E-state index contributed by atoms with van der Waals surface area (Å²) in [5.74, 6) is 0. The molecule has 0 atom stereocenters. The monoisotopic (exact) mass is 222 g/mol. The van der Waals surface area contributed by atoms with Crippen LogP contribution in [0.1, 0.15) is 19.4 Å². The number of aromatic nitrogens is 1. The van der Waals surface area contributed by atoms with Gasteiger partial charge in [0.05, 0.1) is 6.54 Å². The molecule has 0 amide bonds. The molecule has 88 valence electrons. The maximum absolute atomic E-state index is 5.37. The van der Waals surface area contributed by atoms with Gasteiger partial charge in [-0.25, -0.2) is 0 Å². The molecule has 0 spiro atoms. The summed E-state index contributed by atoms with van der Waals surface area (Å²) in [6, 6.07) is 3.81. The first-order chi connectivity index (χ1) is 7.86. The number of hydrogen-bond donors (Lipinski definition) is 0. The van der Waals surface area contributed by atoms with Crippen molar-refractivity contribution < 1.29 is 9.47 Å². The van der Waals surface area contributed by atoms with Crippen LogP contribution in [0.15, 0.2) is 29.5 Å². The second-order valence-corrected chi connectivity index (χ2v) is 3.12. The highest BCUT2D eigenvalue weighted by Crippen LogP contribution is 1.97. The van der Waals surface area contributed by atoms with Crippen LogP contribution in [0.3, 0.4) is 0 Å². The second-order valence-electron chi connectivity index (χ2n) is 3.12. The summed E-state index contributed by atoms with van der Waals surface area (Å²) in [6.07, 6.45) is 5.04. The smallest absolute Gasteiger partial charge is 0.176 e. The summed E-state index contributed by atoms with van der Waals surface area (Å²) in [4.78, 5) is 8.21. The average molecular weight is 222 g/mol. The molecular weight excluding hydrogens is 204 g/mol. The van der Waals surface area contributed by atoms with Crippen LogP contribution in [0.2, 0.25) is 0 Å². The lowest BCUT2D eigenvalue weighted by molar-refractivity contribution is -0.128. The van der Waals surface area contributed by atoms with Gasteiger partial charge in [0.1, 0.15) is 0 Å². The van der Waals surface area contributed by atoms with Crippen molar-refractivity contribution in [2.75, 3.05) is 19.8 Å². The minimum atomic E-state index is -0.243.